The molecule has 1 spiro atoms. The number of carbonyl (C=O) groups is 1. The zero-order valence-corrected chi connectivity index (χ0v) is 20.8. The summed E-state index contributed by atoms with van der Waals surface area (Å²) in [6.07, 6.45) is 5.43. The van der Waals surface area contributed by atoms with Gasteiger partial charge in [-0.3, -0.25) is 4.79 Å². The van der Waals surface area contributed by atoms with Gasteiger partial charge in [-0.05, 0) is 63.3 Å². The van der Waals surface area contributed by atoms with E-state index < -0.39 is 12.1 Å². The minimum atomic E-state index is -0.786. The number of nitrogens with zero attached hydrogens (tertiary/aromatic N) is 1. The van der Waals surface area contributed by atoms with Crippen LogP contribution >= 0.6 is 11.6 Å². The zero-order valence-electron chi connectivity index (χ0n) is 20.0. The molecule has 1 aliphatic carbocycles. The second kappa shape index (κ2) is 10.5. The van der Waals surface area contributed by atoms with E-state index in [0.717, 1.165) is 36.8 Å². The Hall–Kier alpha value is -2.35. The van der Waals surface area contributed by atoms with Crippen LogP contribution in [0.15, 0.2) is 36.5 Å². The quantitative estimate of drug-likeness (QED) is 0.495. The van der Waals surface area contributed by atoms with E-state index in [9.17, 15) is 9.90 Å². The lowest BCUT2D eigenvalue weighted by Gasteiger charge is -2.47. The maximum Gasteiger partial charge on any atom is 0.218 e. The Morgan fingerprint density at radius 1 is 1.32 bits per heavy atom. The van der Waals surface area contributed by atoms with Crippen molar-refractivity contribution in [2.75, 3.05) is 6.54 Å². The van der Waals surface area contributed by atoms with Gasteiger partial charge in [-0.1, -0.05) is 23.7 Å². The van der Waals surface area contributed by atoms with Crippen molar-refractivity contribution >= 4 is 17.5 Å². The van der Waals surface area contributed by atoms with Gasteiger partial charge >= 0.3 is 0 Å². The maximum absolute atomic E-state index is 11.8. The third kappa shape index (κ3) is 6.01. The van der Waals surface area contributed by atoms with E-state index in [1.807, 2.05) is 44.2 Å². The minimum absolute atomic E-state index is 0.0320. The predicted octanol–water partition coefficient (Wildman–Crippen LogP) is 3.97. The molecular formula is C26H34ClN3O4. The van der Waals surface area contributed by atoms with Crippen molar-refractivity contribution in [3.05, 3.63) is 52.7 Å². The summed E-state index contributed by atoms with van der Waals surface area (Å²) >= 11 is 6.00. The van der Waals surface area contributed by atoms with Crippen LogP contribution in [-0.4, -0.2) is 46.4 Å². The highest BCUT2D eigenvalue weighted by atomic mass is 35.5. The van der Waals surface area contributed by atoms with E-state index in [2.05, 4.69) is 15.6 Å². The molecule has 2 heterocycles. The third-order valence-corrected chi connectivity index (χ3v) is 6.80. The van der Waals surface area contributed by atoms with Crippen molar-refractivity contribution in [3.63, 3.8) is 0 Å². The molecule has 8 heteroatoms. The van der Waals surface area contributed by atoms with Gasteiger partial charge in [-0.2, -0.15) is 0 Å². The van der Waals surface area contributed by atoms with E-state index in [4.69, 9.17) is 21.1 Å². The molecule has 0 saturated heterocycles. The number of benzene rings is 1. The topological polar surface area (TPSA) is 92.7 Å². The number of pyridine rings is 1. The lowest BCUT2D eigenvalue weighted by molar-refractivity contribution is -0.120. The largest absolute Gasteiger partial charge is 0.489 e. The number of rotatable bonds is 9. The second-order valence-corrected chi connectivity index (χ2v) is 10.2. The number of carbonyl (C=O) groups excluding carboxylic acids is 1. The van der Waals surface area contributed by atoms with E-state index in [1.54, 1.807) is 6.20 Å². The van der Waals surface area contributed by atoms with Crippen molar-refractivity contribution in [1.29, 1.82) is 0 Å². The molecule has 184 valence electrons. The average molecular weight is 488 g/mol. The van der Waals surface area contributed by atoms with Crippen molar-refractivity contribution in [1.82, 2.24) is 15.6 Å². The van der Waals surface area contributed by atoms with E-state index in [0.29, 0.717) is 29.6 Å². The number of nitrogens with one attached hydrogen (secondary N) is 2. The number of aliphatic hydroxyl groups is 1. The normalized spacial score (nSPS) is 20.1. The summed E-state index contributed by atoms with van der Waals surface area (Å²) in [6.45, 7) is 5.74. The number of amides is 1. The Bertz CT molecular complexity index is 994. The first kappa shape index (κ1) is 24.8. The zero-order chi connectivity index (χ0) is 24.3. The first-order valence-electron chi connectivity index (χ1n) is 12.0. The lowest BCUT2D eigenvalue weighted by atomic mass is 9.73. The fraction of sp³-hybridized carbons (Fsp3) is 0.538. The summed E-state index contributed by atoms with van der Waals surface area (Å²) in [4.78, 5) is 16.4. The summed E-state index contributed by atoms with van der Waals surface area (Å²) < 4.78 is 12.2. The van der Waals surface area contributed by atoms with Gasteiger partial charge in [0.1, 0.15) is 11.4 Å². The summed E-state index contributed by atoms with van der Waals surface area (Å²) in [5.41, 5.74) is 1.74. The molecular weight excluding hydrogens is 454 g/mol. The predicted molar refractivity (Wildman–Crippen MR) is 131 cm³/mol. The fourth-order valence-electron chi connectivity index (χ4n) is 4.73. The third-order valence-electron chi connectivity index (χ3n) is 6.55. The van der Waals surface area contributed by atoms with Crippen molar-refractivity contribution in [3.8, 4) is 11.6 Å². The van der Waals surface area contributed by atoms with Crippen molar-refractivity contribution < 1.29 is 19.4 Å². The molecule has 3 N–H and O–H groups in total. The lowest BCUT2D eigenvalue weighted by Crippen LogP contribution is -2.52. The molecule has 2 aliphatic rings. The van der Waals surface area contributed by atoms with E-state index in [1.165, 1.54) is 6.92 Å². The van der Waals surface area contributed by atoms with Gasteiger partial charge in [0.05, 0.1) is 24.4 Å². The first-order valence-corrected chi connectivity index (χ1v) is 12.4. The first-order chi connectivity index (χ1) is 16.2. The summed E-state index contributed by atoms with van der Waals surface area (Å²) in [7, 11) is 0. The minimum Gasteiger partial charge on any atom is -0.489 e. The number of ether oxygens (including phenoxy) is 2. The highest BCUT2D eigenvalue weighted by molar-refractivity contribution is 6.30. The highest BCUT2D eigenvalue weighted by Crippen LogP contribution is 2.48. The van der Waals surface area contributed by atoms with Gasteiger partial charge < -0.3 is 25.2 Å². The molecule has 1 aromatic carbocycles. The van der Waals surface area contributed by atoms with Gasteiger partial charge in [0, 0.05) is 36.5 Å². The van der Waals surface area contributed by atoms with Gasteiger partial charge in [-0.15, -0.1) is 0 Å². The monoisotopic (exact) mass is 487 g/mol. The van der Waals surface area contributed by atoms with Gasteiger partial charge in [0.25, 0.3) is 0 Å². The van der Waals surface area contributed by atoms with Crippen LogP contribution in [0.5, 0.6) is 11.6 Å². The van der Waals surface area contributed by atoms with Gasteiger partial charge in [-0.25, -0.2) is 4.98 Å². The Labute approximate surface area is 206 Å². The molecule has 2 aromatic rings. The van der Waals surface area contributed by atoms with Crippen LogP contribution in [-0.2, 0) is 11.2 Å². The Morgan fingerprint density at radius 2 is 2.06 bits per heavy atom. The maximum atomic E-state index is 11.8. The molecule has 0 unspecified atom stereocenters. The van der Waals surface area contributed by atoms with E-state index in [-0.39, 0.29) is 23.7 Å². The molecule has 1 aromatic heterocycles. The molecule has 3 atom stereocenters. The molecule has 0 radical (unpaired) electrons. The summed E-state index contributed by atoms with van der Waals surface area (Å²) in [6, 6.07) is 8.96. The summed E-state index contributed by atoms with van der Waals surface area (Å²) in [5, 5.41) is 18.1. The van der Waals surface area contributed by atoms with Crippen LogP contribution in [0.25, 0.3) is 0 Å². The molecule has 4 rings (SSSR count). The molecule has 1 fully saturated rings. The van der Waals surface area contributed by atoms with Crippen LogP contribution in [0.2, 0.25) is 5.02 Å². The second-order valence-electron chi connectivity index (χ2n) is 9.74. The van der Waals surface area contributed by atoms with Crippen LogP contribution in [0.4, 0.5) is 0 Å². The Balaban J connectivity index is 1.48. The van der Waals surface area contributed by atoms with Crippen LogP contribution in [0.1, 0.15) is 63.6 Å². The molecule has 1 aliphatic heterocycles. The van der Waals surface area contributed by atoms with Crippen LogP contribution < -0.4 is 20.1 Å². The average Bonchev–Trinajstić information content (AvgIpc) is 2.76. The number of hydrogen-bond acceptors (Lipinski definition) is 6. The highest BCUT2D eigenvalue weighted by Gasteiger charge is 2.46. The fourth-order valence-corrected chi connectivity index (χ4v) is 4.86. The van der Waals surface area contributed by atoms with Crippen LogP contribution in [0.3, 0.4) is 0 Å². The number of aromatic nitrogens is 1. The smallest absolute Gasteiger partial charge is 0.218 e. The van der Waals surface area contributed by atoms with E-state index >= 15 is 0 Å². The number of fused-ring (bicyclic) bond motifs is 1. The molecule has 0 bridgehead atoms. The SMILES string of the molecule is CC(=O)N[C@@H](Cc1ccc(Cl)cc1)[C@H](O)CN[C@H]1CC2(CCC2)Oc2ncc(OC(C)C)cc21. The van der Waals surface area contributed by atoms with Gasteiger partial charge in [0.2, 0.25) is 11.8 Å². The Kier molecular flexibility index (Phi) is 7.65. The Morgan fingerprint density at radius 3 is 2.68 bits per heavy atom. The number of halogens is 1. The van der Waals surface area contributed by atoms with Crippen molar-refractivity contribution in [2.45, 2.75) is 82.8 Å². The number of hydrogen-bond donors (Lipinski definition) is 3. The standard InChI is InChI=1S/C26H34ClN3O4/c1-16(2)33-20-12-21-23(13-26(9-4-10-26)34-25(21)29-14-20)28-15-24(32)22(30-17(3)31)11-18-5-7-19(27)8-6-18/h5-8,12,14,16,22-24,28,32H,4,9-11,13,15H2,1-3H3,(H,30,31)/t22-,23-,24+/m0/s1. The molecule has 7 nitrogen and oxygen atoms in total. The molecule has 1 amide bonds. The number of aliphatic hydroxyl groups excluding tert-OH is 1. The van der Waals surface area contributed by atoms with Crippen molar-refractivity contribution in [2.24, 2.45) is 0 Å². The summed E-state index contributed by atoms with van der Waals surface area (Å²) in [5.74, 6) is 1.16. The molecule has 1 saturated carbocycles. The van der Waals surface area contributed by atoms with Crippen LogP contribution in [0, 0.1) is 0 Å². The van der Waals surface area contributed by atoms with Gasteiger partial charge in [0.15, 0.2) is 0 Å². The molecule has 34 heavy (non-hydrogen) atoms.